The molecule has 1 saturated heterocycles. The van der Waals surface area contributed by atoms with Crippen LogP contribution in [0.25, 0.3) is 0 Å². The average molecular weight is 218 g/mol. The third-order valence-corrected chi connectivity index (χ3v) is 3.38. The zero-order valence-electron chi connectivity index (χ0n) is 10.6. The minimum absolute atomic E-state index is 0.610. The summed E-state index contributed by atoms with van der Waals surface area (Å²) in [5.74, 6) is 0. The average Bonchev–Trinajstić information content (AvgIpc) is 2.24. The summed E-state index contributed by atoms with van der Waals surface area (Å²) in [7, 11) is 2.21. The summed E-state index contributed by atoms with van der Waals surface area (Å²) in [5, 5.41) is 3.68. The van der Waals surface area contributed by atoms with E-state index in [4.69, 9.17) is 0 Å². The summed E-state index contributed by atoms with van der Waals surface area (Å²) < 4.78 is 0. The lowest BCUT2D eigenvalue weighted by Gasteiger charge is -2.31. The highest BCUT2D eigenvalue weighted by atomic mass is 15.1. The van der Waals surface area contributed by atoms with Crippen LogP contribution in [-0.2, 0) is 0 Å². The Kier molecular flexibility index (Phi) is 3.49. The van der Waals surface area contributed by atoms with Gasteiger partial charge in [0, 0.05) is 18.3 Å². The van der Waals surface area contributed by atoms with Gasteiger partial charge in [0.2, 0.25) is 0 Å². The molecule has 0 aromatic heterocycles. The number of nitrogens with one attached hydrogen (secondary N) is 1. The van der Waals surface area contributed by atoms with Gasteiger partial charge < -0.3 is 10.2 Å². The van der Waals surface area contributed by atoms with Crippen LogP contribution in [0.1, 0.15) is 24.0 Å². The maximum absolute atomic E-state index is 3.68. The standard InChI is InChI=1S/C14H22N2/c1-11-6-7-12(2)14(9-11)15-13-5-4-8-16(3)10-13/h6-7,9,13,15H,4-5,8,10H2,1-3H3. The van der Waals surface area contributed by atoms with Crippen molar-refractivity contribution in [3.63, 3.8) is 0 Å². The maximum Gasteiger partial charge on any atom is 0.0388 e. The molecule has 1 aliphatic rings. The molecule has 0 bridgehead atoms. The smallest absolute Gasteiger partial charge is 0.0388 e. The Morgan fingerprint density at radius 1 is 1.31 bits per heavy atom. The van der Waals surface area contributed by atoms with Gasteiger partial charge in [0.05, 0.1) is 0 Å². The zero-order valence-corrected chi connectivity index (χ0v) is 10.6. The van der Waals surface area contributed by atoms with Gasteiger partial charge in [0.1, 0.15) is 0 Å². The first-order valence-electron chi connectivity index (χ1n) is 6.17. The molecule has 0 aliphatic carbocycles. The predicted molar refractivity (Wildman–Crippen MR) is 70.1 cm³/mol. The molecule has 1 unspecified atom stereocenters. The molecule has 2 nitrogen and oxygen atoms in total. The van der Waals surface area contributed by atoms with Gasteiger partial charge in [-0.2, -0.15) is 0 Å². The van der Waals surface area contributed by atoms with Gasteiger partial charge in [-0.25, -0.2) is 0 Å². The van der Waals surface area contributed by atoms with E-state index < -0.39 is 0 Å². The molecule has 0 amide bonds. The summed E-state index contributed by atoms with van der Waals surface area (Å²) in [6.45, 7) is 6.73. The van der Waals surface area contributed by atoms with Crippen molar-refractivity contribution in [2.45, 2.75) is 32.7 Å². The van der Waals surface area contributed by atoms with Crippen molar-refractivity contribution in [1.82, 2.24) is 4.90 Å². The Balaban J connectivity index is 2.05. The number of benzene rings is 1. The quantitative estimate of drug-likeness (QED) is 0.821. The lowest BCUT2D eigenvalue weighted by atomic mass is 10.0. The van der Waals surface area contributed by atoms with Crippen LogP contribution in [0.4, 0.5) is 5.69 Å². The van der Waals surface area contributed by atoms with E-state index in [0.29, 0.717) is 6.04 Å². The molecule has 2 rings (SSSR count). The molecule has 0 spiro atoms. The van der Waals surface area contributed by atoms with Gasteiger partial charge in [-0.15, -0.1) is 0 Å². The first-order chi connectivity index (χ1) is 7.65. The van der Waals surface area contributed by atoms with Crippen LogP contribution in [0, 0.1) is 13.8 Å². The molecule has 88 valence electrons. The first kappa shape index (κ1) is 11.5. The fourth-order valence-corrected chi connectivity index (χ4v) is 2.40. The molecule has 1 aliphatic heterocycles. The number of piperidine rings is 1. The van der Waals surface area contributed by atoms with Crippen LogP contribution in [0.15, 0.2) is 18.2 Å². The van der Waals surface area contributed by atoms with Crippen molar-refractivity contribution in [3.05, 3.63) is 29.3 Å². The molecule has 16 heavy (non-hydrogen) atoms. The fourth-order valence-electron chi connectivity index (χ4n) is 2.40. The van der Waals surface area contributed by atoms with Crippen molar-refractivity contribution in [2.75, 3.05) is 25.5 Å². The number of hydrogen-bond donors (Lipinski definition) is 1. The highest BCUT2D eigenvalue weighted by molar-refractivity contribution is 5.53. The second-order valence-electron chi connectivity index (χ2n) is 5.06. The van der Waals surface area contributed by atoms with Crippen molar-refractivity contribution >= 4 is 5.69 Å². The Hall–Kier alpha value is -1.02. The van der Waals surface area contributed by atoms with Gasteiger partial charge in [0.25, 0.3) is 0 Å². The van der Waals surface area contributed by atoms with E-state index in [1.54, 1.807) is 0 Å². The summed E-state index contributed by atoms with van der Waals surface area (Å²) in [6.07, 6.45) is 2.59. The SMILES string of the molecule is Cc1ccc(C)c(NC2CCCN(C)C2)c1. The molecule has 1 aromatic rings. The topological polar surface area (TPSA) is 15.3 Å². The van der Waals surface area contributed by atoms with E-state index in [0.717, 1.165) is 6.54 Å². The second kappa shape index (κ2) is 4.88. The molecule has 1 aromatic carbocycles. The molecule has 0 radical (unpaired) electrons. The van der Waals surface area contributed by atoms with E-state index in [-0.39, 0.29) is 0 Å². The summed E-state index contributed by atoms with van der Waals surface area (Å²) in [5.41, 5.74) is 3.98. The Morgan fingerprint density at radius 2 is 2.12 bits per heavy atom. The van der Waals surface area contributed by atoms with E-state index in [2.05, 4.69) is 49.3 Å². The number of likely N-dealkylation sites (N-methyl/N-ethyl adjacent to an activating group) is 1. The van der Waals surface area contributed by atoms with Gasteiger partial charge in [-0.1, -0.05) is 12.1 Å². The molecule has 1 atom stereocenters. The molecular weight excluding hydrogens is 196 g/mol. The third-order valence-electron chi connectivity index (χ3n) is 3.38. The highest BCUT2D eigenvalue weighted by Crippen LogP contribution is 2.20. The van der Waals surface area contributed by atoms with Crippen LogP contribution < -0.4 is 5.32 Å². The predicted octanol–water partition coefficient (Wildman–Crippen LogP) is 2.81. The van der Waals surface area contributed by atoms with Crippen LogP contribution >= 0.6 is 0 Å². The van der Waals surface area contributed by atoms with E-state index in [1.807, 2.05) is 0 Å². The number of rotatable bonds is 2. The van der Waals surface area contributed by atoms with Gasteiger partial charge >= 0.3 is 0 Å². The number of aryl methyl sites for hydroxylation is 2. The van der Waals surface area contributed by atoms with E-state index in [9.17, 15) is 0 Å². The highest BCUT2D eigenvalue weighted by Gasteiger charge is 2.17. The number of likely N-dealkylation sites (tertiary alicyclic amines) is 1. The van der Waals surface area contributed by atoms with Crippen molar-refractivity contribution in [3.8, 4) is 0 Å². The number of nitrogens with zero attached hydrogens (tertiary/aromatic N) is 1. The van der Waals surface area contributed by atoms with Crippen molar-refractivity contribution in [1.29, 1.82) is 0 Å². The summed E-state index contributed by atoms with van der Waals surface area (Å²) in [6, 6.07) is 7.24. The van der Waals surface area contributed by atoms with Gasteiger partial charge in [-0.3, -0.25) is 0 Å². The lowest BCUT2D eigenvalue weighted by Crippen LogP contribution is -2.39. The lowest BCUT2D eigenvalue weighted by molar-refractivity contribution is 0.261. The van der Waals surface area contributed by atoms with Crippen molar-refractivity contribution < 1.29 is 0 Å². The normalized spacial score (nSPS) is 22.1. The van der Waals surface area contributed by atoms with Crippen LogP contribution in [-0.4, -0.2) is 31.1 Å². The van der Waals surface area contributed by atoms with Crippen LogP contribution in [0.5, 0.6) is 0 Å². The van der Waals surface area contributed by atoms with E-state index in [1.165, 1.54) is 36.2 Å². The maximum atomic E-state index is 3.68. The summed E-state index contributed by atoms with van der Waals surface area (Å²) in [4.78, 5) is 2.41. The Labute approximate surface area is 98.7 Å². The van der Waals surface area contributed by atoms with Gasteiger partial charge in [-0.05, 0) is 57.5 Å². The fraction of sp³-hybridized carbons (Fsp3) is 0.571. The summed E-state index contributed by atoms with van der Waals surface area (Å²) >= 11 is 0. The molecule has 1 fully saturated rings. The van der Waals surface area contributed by atoms with Gasteiger partial charge in [0.15, 0.2) is 0 Å². The zero-order chi connectivity index (χ0) is 11.5. The van der Waals surface area contributed by atoms with Crippen LogP contribution in [0.2, 0.25) is 0 Å². The second-order valence-corrected chi connectivity index (χ2v) is 5.06. The molecule has 1 heterocycles. The molecule has 2 heteroatoms. The van der Waals surface area contributed by atoms with Crippen molar-refractivity contribution in [2.24, 2.45) is 0 Å². The Morgan fingerprint density at radius 3 is 2.88 bits per heavy atom. The van der Waals surface area contributed by atoms with E-state index >= 15 is 0 Å². The first-order valence-corrected chi connectivity index (χ1v) is 6.17. The number of anilines is 1. The number of hydrogen-bond acceptors (Lipinski definition) is 2. The molecule has 1 N–H and O–H groups in total. The Bertz CT molecular complexity index is 360. The minimum Gasteiger partial charge on any atom is -0.381 e. The largest absolute Gasteiger partial charge is 0.381 e. The molecule has 0 saturated carbocycles. The minimum atomic E-state index is 0.610. The third kappa shape index (κ3) is 2.76. The molecular formula is C14H22N2. The monoisotopic (exact) mass is 218 g/mol. The van der Waals surface area contributed by atoms with Crippen LogP contribution in [0.3, 0.4) is 0 Å².